The van der Waals surface area contributed by atoms with Crippen molar-refractivity contribution in [3.63, 3.8) is 0 Å². The fraction of sp³-hybridized carbons (Fsp3) is 0.0833. The van der Waals surface area contributed by atoms with E-state index in [4.69, 9.17) is 23.2 Å². The van der Waals surface area contributed by atoms with Crippen LogP contribution in [0.3, 0.4) is 0 Å². The highest BCUT2D eigenvalue weighted by Gasteiger charge is 2.00. The quantitative estimate of drug-likeness (QED) is 0.907. The third-order valence-electron chi connectivity index (χ3n) is 2.18. The summed E-state index contributed by atoms with van der Waals surface area (Å²) in [5.74, 6) is -0.349. The number of pyridine rings is 1. The molecule has 0 bridgehead atoms. The molecule has 1 N–H and O–H groups in total. The van der Waals surface area contributed by atoms with E-state index in [1.54, 1.807) is 24.4 Å². The molecule has 2 rings (SSSR count). The zero-order valence-corrected chi connectivity index (χ0v) is 10.3. The van der Waals surface area contributed by atoms with Gasteiger partial charge in [0.1, 0.15) is 5.82 Å². The van der Waals surface area contributed by atoms with Gasteiger partial charge < -0.3 is 5.32 Å². The van der Waals surface area contributed by atoms with Crippen molar-refractivity contribution in [2.75, 3.05) is 5.32 Å². The van der Waals surface area contributed by atoms with Crippen LogP contribution in [0.2, 0.25) is 10.0 Å². The third-order valence-corrected chi connectivity index (χ3v) is 2.92. The molecule has 88 valence electrons. The van der Waals surface area contributed by atoms with Crippen LogP contribution in [0.15, 0.2) is 36.7 Å². The summed E-state index contributed by atoms with van der Waals surface area (Å²) in [7, 11) is 0. The summed E-state index contributed by atoms with van der Waals surface area (Å²) < 4.78 is 12.9. The molecule has 2 aromatic rings. The molecule has 0 saturated carbocycles. The molecule has 0 radical (unpaired) electrons. The number of rotatable bonds is 3. The predicted octanol–water partition coefficient (Wildman–Crippen LogP) is 4.14. The summed E-state index contributed by atoms with van der Waals surface area (Å²) in [6, 6.07) is 6.66. The molecule has 0 amide bonds. The van der Waals surface area contributed by atoms with Gasteiger partial charge in [0.2, 0.25) is 0 Å². The molecule has 0 aliphatic heterocycles. The number of nitrogens with one attached hydrogen (secondary N) is 1. The largest absolute Gasteiger partial charge is 0.381 e. The van der Waals surface area contributed by atoms with Gasteiger partial charge in [0.05, 0.1) is 16.2 Å². The number of anilines is 1. The van der Waals surface area contributed by atoms with Gasteiger partial charge in [-0.2, -0.15) is 0 Å². The Morgan fingerprint density at radius 2 is 1.94 bits per heavy atom. The molecule has 0 aliphatic carbocycles. The van der Waals surface area contributed by atoms with Crippen LogP contribution in [-0.2, 0) is 6.54 Å². The van der Waals surface area contributed by atoms with E-state index in [9.17, 15) is 4.39 Å². The molecule has 2 nitrogen and oxygen atoms in total. The van der Waals surface area contributed by atoms with E-state index in [2.05, 4.69) is 10.3 Å². The van der Waals surface area contributed by atoms with Crippen molar-refractivity contribution in [3.8, 4) is 0 Å². The van der Waals surface area contributed by atoms with Crippen LogP contribution in [0, 0.1) is 5.82 Å². The Balaban J connectivity index is 2.05. The van der Waals surface area contributed by atoms with Crippen LogP contribution < -0.4 is 5.32 Å². The summed E-state index contributed by atoms with van der Waals surface area (Å²) in [6.07, 6.45) is 2.77. The van der Waals surface area contributed by atoms with Crippen LogP contribution >= 0.6 is 23.2 Å². The summed E-state index contributed by atoms with van der Waals surface area (Å²) in [5.41, 5.74) is 1.58. The number of halogens is 3. The van der Waals surface area contributed by atoms with E-state index in [0.717, 1.165) is 11.3 Å². The Morgan fingerprint density at radius 3 is 2.65 bits per heavy atom. The average molecular weight is 271 g/mol. The van der Waals surface area contributed by atoms with Crippen LogP contribution in [0.5, 0.6) is 0 Å². The fourth-order valence-electron chi connectivity index (χ4n) is 1.36. The lowest BCUT2D eigenvalue weighted by atomic mass is 10.2. The standard InChI is InChI=1S/C12H9Cl2FN2/c13-11-2-1-10(4-12(11)14)17-6-8-3-9(15)7-16-5-8/h1-5,7,17H,6H2. The van der Waals surface area contributed by atoms with Gasteiger partial charge in [-0.05, 0) is 29.8 Å². The number of nitrogens with zero attached hydrogens (tertiary/aromatic N) is 1. The van der Waals surface area contributed by atoms with E-state index >= 15 is 0 Å². The molecule has 1 heterocycles. The average Bonchev–Trinajstić information content (AvgIpc) is 2.31. The molecule has 0 saturated heterocycles. The third kappa shape index (κ3) is 3.32. The zero-order valence-electron chi connectivity index (χ0n) is 8.75. The molecule has 1 aromatic heterocycles. The van der Waals surface area contributed by atoms with Gasteiger partial charge in [-0.3, -0.25) is 4.98 Å². The first-order chi connectivity index (χ1) is 8.15. The maximum Gasteiger partial charge on any atom is 0.141 e. The highest BCUT2D eigenvalue weighted by Crippen LogP contribution is 2.25. The SMILES string of the molecule is Fc1cncc(CNc2ccc(Cl)c(Cl)c2)c1. The first-order valence-corrected chi connectivity index (χ1v) is 5.69. The van der Waals surface area contributed by atoms with Gasteiger partial charge in [-0.25, -0.2) is 4.39 Å². The highest BCUT2D eigenvalue weighted by molar-refractivity contribution is 6.42. The van der Waals surface area contributed by atoms with E-state index in [1.165, 1.54) is 12.3 Å². The molecule has 1 aromatic carbocycles. The highest BCUT2D eigenvalue weighted by atomic mass is 35.5. The van der Waals surface area contributed by atoms with Crippen molar-refractivity contribution in [1.29, 1.82) is 0 Å². The van der Waals surface area contributed by atoms with Crippen LogP contribution in [0.25, 0.3) is 0 Å². The summed E-state index contributed by atoms with van der Waals surface area (Å²) >= 11 is 11.7. The summed E-state index contributed by atoms with van der Waals surface area (Å²) in [6.45, 7) is 0.475. The Labute approximate surface area is 108 Å². The monoisotopic (exact) mass is 270 g/mol. The Morgan fingerprint density at radius 1 is 1.12 bits per heavy atom. The molecule has 0 unspecified atom stereocenters. The molecule has 5 heteroatoms. The lowest BCUT2D eigenvalue weighted by molar-refractivity contribution is 0.619. The van der Waals surface area contributed by atoms with Crippen molar-refractivity contribution < 1.29 is 4.39 Å². The normalized spacial score (nSPS) is 10.3. The van der Waals surface area contributed by atoms with Crippen LogP contribution in [0.1, 0.15) is 5.56 Å². The minimum absolute atomic E-state index is 0.349. The van der Waals surface area contributed by atoms with Gasteiger partial charge in [-0.1, -0.05) is 23.2 Å². The molecule has 0 fully saturated rings. The minimum Gasteiger partial charge on any atom is -0.381 e. The lowest BCUT2D eigenvalue weighted by Crippen LogP contribution is -2.00. The second kappa shape index (κ2) is 5.34. The lowest BCUT2D eigenvalue weighted by Gasteiger charge is -2.07. The van der Waals surface area contributed by atoms with Gasteiger partial charge in [0.15, 0.2) is 0 Å². The number of benzene rings is 1. The van der Waals surface area contributed by atoms with Gasteiger partial charge in [-0.15, -0.1) is 0 Å². The Kier molecular flexibility index (Phi) is 3.82. The van der Waals surface area contributed by atoms with Crippen molar-refractivity contribution in [3.05, 3.63) is 58.1 Å². The van der Waals surface area contributed by atoms with Gasteiger partial charge in [0.25, 0.3) is 0 Å². The second-order valence-corrected chi connectivity index (χ2v) is 4.31. The molecule has 0 spiro atoms. The van der Waals surface area contributed by atoms with Gasteiger partial charge in [0, 0.05) is 18.4 Å². The van der Waals surface area contributed by atoms with E-state index < -0.39 is 0 Å². The summed E-state index contributed by atoms with van der Waals surface area (Å²) in [5, 5.41) is 4.09. The molecule has 0 aliphatic rings. The summed E-state index contributed by atoms with van der Waals surface area (Å²) in [4.78, 5) is 3.77. The first kappa shape index (κ1) is 12.1. The molecular weight excluding hydrogens is 262 g/mol. The predicted molar refractivity (Wildman–Crippen MR) is 68.0 cm³/mol. The maximum atomic E-state index is 12.9. The van der Waals surface area contributed by atoms with E-state index in [1.807, 2.05) is 0 Å². The number of aromatic nitrogens is 1. The Hall–Kier alpha value is -1.32. The van der Waals surface area contributed by atoms with Crippen LogP contribution in [0.4, 0.5) is 10.1 Å². The van der Waals surface area contributed by atoms with Crippen molar-refractivity contribution in [2.45, 2.75) is 6.54 Å². The van der Waals surface area contributed by atoms with E-state index in [-0.39, 0.29) is 5.82 Å². The smallest absolute Gasteiger partial charge is 0.141 e. The maximum absolute atomic E-state index is 12.9. The number of hydrogen-bond acceptors (Lipinski definition) is 2. The molecular formula is C12H9Cl2FN2. The second-order valence-electron chi connectivity index (χ2n) is 3.49. The molecule has 17 heavy (non-hydrogen) atoms. The Bertz CT molecular complexity index is 532. The van der Waals surface area contributed by atoms with Crippen molar-refractivity contribution in [2.24, 2.45) is 0 Å². The minimum atomic E-state index is -0.349. The zero-order chi connectivity index (χ0) is 12.3. The van der Waals surface area contributed by atoms with Crippen molar-refractivity contribution in [1.82, 2.24) is 4.98 Å². The molecule has 0 atom stereocenters. The topological polar surface area (TPSA) is 24.9 Å². The number of hydrogen-bond donors (Lipinski definition) is 1. The van der Waals surface area contributed by atoms with Crippen LogP contribution in [-0.4, -0.2) is 4.98 Å². The fourth-order valence-corrected chi connectivity index (χ4v) is 1.66. The van der Waals surface area contributed by atoms with Gasteiger partial charge >= 0.3 is 0 Å². The first-order valence-electron chi connectivity index (χ1n) is 4.93. The van der Waals surface area contributed by atoms with E-state index in [0.29, 0.717) is 16.6 Å². The van der Waals surface area contributed by atoms with Crippen molar-refractivity contribution >= 4 is 28.9 Å².